The van der Waals surface area contributed by atoms with Crippen molar-refractivity contribution in [3.8, 4) is 0 Å². The van der Waals surface area contributed by atoms with Gasteiger partial charge < -0.3 is 10.2 Å². The van der Waals surface area contributed by atoms with Gasteiger partial charge in [0.25, 0.3) is 5.91 Å². The highest BCUT2D eigenvalue weighted by Gasteiger charge is 2.19. The Balaban J connectivity index is 1.99. The topological polar surface area (TPSA) is 45.2 Å². The Kier molecular flexibility index (Phi) is 5.85. The molecule has 0 saturated carbocycles. The molecule has 1 aromatic rings. The smallest absolute Gasteiger partial charge is 0.255 e. The predicted molar refractivity (Wildman–Crippen MR) is 86.9 cm³/mol. The van der Waals surface area contributed by atoms with E-state index in [1.807, 2.05) is 4.90 Å². The molecule has 1 aliphatic rings. The number of hydrogen-bond donors (Lipinski definition) is 1. The molecule has 2 heterocycles. The number of carbonyl (C=O) groups excluding carboxylic acids is 1. The summed E-state index contributed by atoms with van der Waals surface area (Å²) in [6.07, 6.45) is 6.07. The monoisotopic (exact) mass is 309 g/mol. The zero-order chi connectivity index (χ0) is 15.2. The molecule has 2 rings (SSSR count). The summed E-state index contributed by atoms with van der Waals surface area (Å²) in [5.74, 6) is 1.33. The first-order chi connectivity index (χ1) is 10.1. The number of carbonyl (C=O) groups is 1. The van der Waals surface area contributed by atoms with E-state index in [0.29, 0.717) is 22.3 Å². The Morgan fingerprint density at radius 2 is 2.10 bits per heavy atom. The first-order valence-electron chi connectivity index (χ1n) is 7.76. The SMILES string of the molecule is CC(C)CCNc1ncc(C(=O)N2CCCCC2)cc1Cl. The maximum atomic E-state index is 12.4. The van der Waals surface area contributed by atoms with Crippen molar-refractivity contribution >= 4 is 23.3 Å². The fourth-order valence-electron chi connectivity index (χ4n) is 2.44. The molecule has 0 aliphatic carbocycles. The van der Waals surface area contributed by atoms with Crippen LogP contribution in [0.25, 0.3) is 0 Å². The van der Waals surface area contributed by atoms with Crippen LogP contribution in [0.15, 0.2) is 12.3 Å². The van der Waals surface area contributed by atoms with Gasteiger partial charge in [0.05, 0.1) is 10.6 Å². The summed E-state index contributed by atoms with van der Waals surface area (Å²) in [5, 5.41) is 3.74. The lowest BCUT2D eigenvalue weighted by Crippen LogP contribution is -2.35. The van der Waals surface area contributed by atoms with E-state index in [1.165, 1.54) is 6.42 Å². The van der Waals surface area contributed by atoms with E-state index in [1.54, 1.807) is 12.3 Å². The Labute approximate surface area is 131 Å². The second-order valence-corrected chi connectivity index (χ2v) is 6.42. The summed E-state index contributed by atoms with van der Waals surface area (Å²) in [5.41, 5.74) is 0.580. The largest absolute Gasteiger partial charge is 0.369 e. The Morgan fingerprint density at radius 1 is 1.38 bits per heavy atom. The lowest BCUT2D eigenvalue weighted by Gasteiger charge is -2.26. The van der Waals surface area contributed by atoms with Gasteiger partial charge in [0, 0.05) is 25.8 Å². The third-order valence-electron chi connectivity index (χ3n) is 3.75. The minimum absolute atomic E-state index is 0.0397. The summed E-state index contributed by atoms with van der Waals surface area (Å²) in [6, 6.07) is 1.73. The zero-order valence-corrected chi connectivity index (χ0v) is 13.6. The van der Waals surface area contributed by atoms with Gasteiger partial charge in [0.1, 0.15) is 5.82 Å². The van der Waals surface area contributed by atoms with Gasteiger partial charge in [-0.15, -0.1) is 0 Å². The second kappa shape index (κ2) is 7.64. The molecule has 0 radical (unpaired) electrons. The maximum Gasteiger partial charge on any atom is 0.255 e. The van der Waals surface area contributed by atoms with Gasteiger partial charge in [-0.2, -0.15) is 0 Å². The maximum absolute atomic E-state index is 12.4. The number of anilines is 1. The molecular weight excluding hydrogens is 286 g/mol. The number of amides is 1. The number of aromatic nitrogens is 1. The first-order valence-corrected chi connectivity index (χ1v) is 8.14. The lowest BCUT2D eigenvalue weighted by atomic mass is 10.1. The summed E-state index contributed by atoms with van der Waals surface area (Å²) in [6.45, 7) is 6.87. The number of rotatable bonds is 5. The molecule has 1 N–H and O–H groups in total. The third kappa shape index (κ3) is 4.60. The van der Waals surface area contributed by atoms with E-state index >= 15 is 0 Å². The number of hydrogen-bond acceptors (Lipinski definition) is 3. The lowest BCUT2D eigenvalue weighted by molar-refractivity contribution is 0.0724. The molecule has 0 aromatic carbocycles. The molecule has 5 heteroatoms. The molecule has 1 fully saturated rings. The molecule has 0 unspecified atom stereocenters. The van der Waals surface area contributed by atoms with Gasteiger partial charge in [0.2, 0.25) is 0 Å². The number of halogens is 1. The van der Waals surface area contributed by atoms with Crippen LogP contribution < -0.4 is 5.32 Å². The van der Waals surface area contributed by atoms with E-state index in [-0.39, 0.29) is 5.91 Å². The molecule has 1 aliphatic heterocycles. The molecule has 4 nitrogen and oxygen atoms in total. The van der Waals surface area contributed by atoms with Crippen LogP contribution in [0, 0.1) is 5.92 Å². The fourth-order valence-corrected chi connectivity index (χ4v) is 2.68. The first kappa shape index (κ1) is 16.1. The molecule has 0 bridgehead atoms. The second-order valence-electron chi connectivity index (χ2n) is 6.02. The van der Waals surface area contributed by atoms with Crippen LogP contribution in [-0.4, -0.2) is 35.4 Å². The van der Waals surface area contributed by atoms with Crippen molar-refractivity contribution < 1.29 is 4.79 Å². The summed E-state index contributed by atoms with van der Waals surface area (Å²) in [7, 11) is 0. The number of piperidine rings is 1. The Morgan fingerprint density at radius 3 is 2.71 bits per heavy atom. The van der Waals surface area contributed by atoms with Crippen molar-refractivity contribution in [1.29, 1.82) is 0 Å². The van der Waals surface area contributed by atoms with Crippen LogP contribution >= 0.6 is 11.6 Å². The van der Waals surface area contributed by atoms with Crippen molar-refractivity contribution in [3.05, 3.63) is 22.8 Å². The average molecular weight is 310 g/mol. The van der Waals surface area contributed by atoms with E-state index < -0.39 is 0 Å². The molecular formula is C16H24ClN3O. The van der Waals surface area contributed by atoms with Crippen molar-refractivity contribution in [1.82, 2.24) is 9.88 Å². The highest BCUT2D eigenvalue weighted by molar-refractivity contribution is 6.33. The van der Waals surface area contributed by atoms with E-state index in [0.717, 1.165) is 38.9 Å². The number of nitrogens with zero attached hydrogens (tertiary/aromatic N) is 2. The van der Waals surface area contributed by atoms with Crippen LogP contribution in [-0.2, 0) is 0 Å². The third-order valence-corrected chi connectivity index (χ3v) is 4.03. The number of nitrogens with one attached hydrogen (secondary N) is 1. The molecule has 0 spiro atoms. The summed E-state index contributed by atoms with van der Waals surface area (Å²) < 4.78 is 0. The summed E-state index contributed by atoms with van der Waals surface area (Å²) in [4.78, 5) is 18.6. The van der Waals surface area contributed by atoms with E-state index in [9.17, 15) is 4.79 Å². The standard InChI is InChI=1S/C16H24ClN3O/c1-12(2)6-7-18-15-14(17)10-13(11-19-15)16(21)20-8-4-3-5-9-20/h10-12H,3-9H2,1-2H3,(H,18,19). The normalized spacial score (nSPS) is 15.3. The van der Waals surface area contributed by atoms with Crippen LogP contribution in [0.1, 0.15) is 49.9 Å². The molecule has 1 saturated heterocycles. The number of likely N-dealkylation sites (tertiary alicyclic amines) is 1. The highest BCUT2D eigenvalue weighted by Crippen LogP contribution is 2.22. The van der Waals surface area contributed by atoms with Crippen LogP contribution in [0.2, 0.25) is 5.02 Å². The predicted octanol–water partition coefficient (Wildman–Crippen LogP) is 3.82. The molecule has 116 valence electrons. The van der Waals surface area contributed by atoms with E-state index in [4.69, 9.17) is 11.6 Å². The minimum atomic E-state index is 0.0397. The Bertz CT molecular complexity index is 484. The minimum Gasteiger partial charge on any atom is -0.369 e. The van der Waals surface area contributed by atoms with Crippen molar-refractivity contribution in [2.45, 2.75) is 39.5 Å². The quantitative estimate of drug-likeness (QED) is 0.899. The average Bonchev–Trinajstić information content (AvgIpc) is 2.48. The van der Waals surface area contributed by atoms with Crippen molar-refractivity contribution in [3.63, 3.8) is 0 Å². The molecule has 21 heavy (non-hydrogen) atoms. The summed E-state index contributed by atoms with van der Waals surface area (Å²) >= 11 is 6.23. The fraction of sp³-hybridized carbons (Fsp3) is 0.625. The van der Waals surface area contributed by atoms with Gasteiger partial charge in [-0.1, -0.05) is 25.4 Å². The van der Waals surface area contributed by atoms with Gasteiger partial charge in [-0.3, -0.25) is 4.79 Å². The molecule has 1 amide bonds. The van der Waals surface area contributed by atoms with Crippen molar-refractivity contribution in [2.75, 3.05) is 25.0 Å². The van der Waals surface area contributed by atoms with Gasteiger partial charge in [0.15, 0.2) is 0 Å². The van der Waals surface area contributed by atoms with Crippen LogP contribution in [0.5, 0.6) is 0 Å². The zero-order valence-electron chi connectivity index (χ0n) is 12.9. The van der Waals surface area contributed by atoms with Crippen molar-refractivity contribution in [2.24, 2.45) is 5.92 Å². The number of pyridine rings is 1. The van der Waals surface area contributed by atoms with Gasteiger partial charge >= 0.3 is 0 Å². The Hall–Kier alpha value is -1.29. The molecule has 1 aromatic heterocycles. The van der Waals surface area contributed by atoms with Crippen LogP contribution in [0.4, 0.5) is 5.82 Å². The van der Waals surface area contributed by atoms with Gasteiger partial charge in [-0.05, 0) is 37.7 Å². The molecule has 0 atom stereocenters. The van der Waals surface area contributed by atoms with Gasteiger partial charge in [-0.25, -0.2) is 4.98 Å². The highest BCUT2D eigenvalue weighted by atomic mass is 35.5. The van der Waals surface area contributed by atoms with E-state index in [2.05, 4.69) is 24.1 Å². The van der Waals surface area contributed by atoms with Crippen LogP contribution in [0.3, 0.4) is 0 Å².